The molecule has 0 spiro atoms. The van der Waals surface area contributed by atoms with Gasteiger partial charge in [0.1, 0.15) is 0 Å². The fourth-order valence-electron chi connectivity index (χ4n) is 2.04. The van der Waals surface area contributed by atoms with Gasteiger partial charge in [0.05, 0.1) is 0 Å². The molecule has 0 amide bonds. The van der Waals surface area contributed by atoms with Gasteiger partial charge in [-0.1, -0.05) is 51.9 Å². The van der Waals surface area contributed by atoms with Gasteiger partial charge in [0.15, 0.2) is 0 Å². The van der Waals surface area contributed by atoms with Gasteiger partial charge >= 0.3 is 5.97 Å². The summed E-state index contributed by atoms with van der Waals surface area (Å²) in [5.74, 6) is -0.667. The van der Waals surface area contributed by atoms with Crippen LogP contribution in [0.1, 0.15) is 77.6 Å². The Morgan fingerprint density at radius 2 is 1.33 bits per heavy atom. The van der Waals surface area contributed by atoms with E-state index in [1.807, 2.05) is 0 Å². The number of hydrogen-bond acceptors (Lipinski definition) is 2. The van der Waals surface area contributed by atoms with Crippen molar-refractivity contribution in [2.24, 2.45) is 0 Å². The van der Waals surface area contributed by atoms with Gasteiger partial charge in [-0.3, -0.25) is 4.79 Å². The molecule has 0 aliphatic carbocycles. The first-order chi connectivity index (χ1) is 8.77. The van der Waals surface area contributed by atoms with Gasteiger partial charge in [0.25, 0.3) is 0 Å². The summed E-state index contributed by atoms with van der Waals surface area (Å²) in [4.78, 5) is 10.3. The van der Waals surface area contributed by atoms with Gasteiger partial charge in [0.2, 0.25) is 0 Å². The lowest BCUT2D eigenvalue weighted by Crippen LogP contribution is -2.16. The van der Waals surface area contributed by atoms with Crippen LogP contribution < -0.4 is 5.32 Å². The maximum atomic E-state index is 10.3. The van der Waals surface area contributed by atoms with E-state index < -0.39 is 5.97 Å². The Morgan fingerprint density at radius 3 is 1.89 bits per heavy atom. The maximum Gasteiger partial charge on any atom is 0.303 e. The van der Waals surface area contributed by atoms with Gasteiger partial charge in [-0.2, -0.15) is 0 Å². The van der Waals surface area contributed by atoms with Crippen LogP contribution in [0.4, 0.5) is 0 Å². The third-order valence-corrected chi connectivity index (χ3v) is 3.20. The number of unbranched alkanes of at least 4 members (excludes halogenated alkanes) is 8. The van der Waals surface area contributed by atoms with Crippen LogP contribution in [0.25, 0.3) is 0 Å². The van der Waals surface area contributed by atoms with Crippen molar-refractivity contribution in [1.82, 2.24) is 5.32 Å². The average molecular weight is 257 g/mol. The van der Waals surface area contributed by atoms with E-state index in [0.717, 1.165) is 25.9 Å². The van der Waals surface area contributed by atoms with E-state index in [9.17, 15) is 4.79 Å². The average Bonchev–Trinajstić information content (AvgIpc) is 2.34. The molecule has 0 aliphatic rings. The Morgan fingerprint density at radius 1 is 0.833 bits per heavy atom. The van der Waals surface area contributed by atoms with Gasteiger partial charge in [-0.05, 0) is 32.4 Å². The number of nitrogens with one attached hydrogen (secondary N) is 1. The molecule has 0 radical (unpaired) electrons. The van der Waals surface area contributed by atoms with Crippen LogP contribution in [0, 0.1) is 0 Å². The zero-order valence-corrected chi connectivity index (χ0v) is 12.0. The summed E-state index contributed by atoms with van der Waals surface area (Å²) in [6, 6.07) is 0. The molecule has 0 unspecified atom stereocenters. The molecule has 108 valence electrons. The smallest absolute Gasteiger partial charge is 0.303 e. The van der Waals surface area contributed by atoms with E-state index in [1.54, 1.807) is 0 Å². The van der Waals surface area contributed by atoms with Crippen LogP contribution in [0.5, 0.6) is 0 Å². The van der Waals surface area contributed by atoms with E-state index >= 15 is 0 Å². The number of carboxylic acid groups (broad SMARTS) is 1. The highest BCUT2D eigenvalue weighted by atomic mass is 16.4. The molecule has 0 heterocycles. The lowest BCUT2D eigenvalue weighted by atomic mass is 10.1. The van der Waals surface area contributed by atoms with Crippen molar-refractivity contribution in [3.05, 3.63) is 0 Å². The third kappa shape index (κ3) is 15.4. The topological polar surface area (TPSA) is 49.3 Å². The minimum absolute atomic E-state index is 0.329. The van der Waals surface area contributed by atoms with Crippen molar-refractivity contribution in [2.75, 3.05) is 13.1 Å². The molecule has 0 aromatic carbocycles. The lowest BCUT2D eigenvalue weighted by Gasteiger charge is -2.04. The van der Waals surface area contributed by atoms with E-state index in [1.165, 1.54) is 51.4 Å². The maximum absolute atomic E-state index is 10.3. The number of carboxylic acids is 1. The standard InChI is InChI=1S/C15H31NO2/c1-2-3-4-7-10-13-16-14-11-8-5-6-9-12-15(17)18/h16H,2-14H2,1H3,(H,17,18). The second-order valence-corrected chi connectivity index (χ2v) is 5.08. The van der Waals surface area contributed by atoms with Crippen LogP contribution in [-0.4, -0.2) is 24.2 Å². The van der Waals surface area contributed by atoms with Crippen LogP contribution in [0.2, 0.25) is 0 Å². The molecule has 3 nitrogen and oxygen atoms in total. The Kier molecular flexibility index (Phi) is 14.0. The summed E-state index contributed by atoms with van der Waals surface area (Å²) in [5.41, 5.74) is 0. The molecule has 0 rings (SSSR count). The molecular formula is C15H31NO2. The normalized spacial score (nSPS) is 10.7. The van der Waals surface area contributed by atoms with Crippen molar-refractivity contribution in [3.8, 4) is 0 Å². The quantitative estimate of drug-likeness (QED) is 0.463. The molecule has 0 bridgehead atoms. The Bertz CT molecular complexity index is 183. The Balaban J connectivity index is 2.92. The van der Waals surface area contributed by atoms with Gasteiger partial charge in [0, 0.05) is 6.42 Å². The second kappa shape index (κ2) is 14.5. The molecule has 0 saturated heterocycles. The number of hydrogen-bond donors (Lipinski definition) is 2. The van der Waals surface area contributed by atoms with Crippen molar-refractivity contribution in [3.63, 3.8) is 0 Å². The fraction of sp³-hybridized carbons (Fsp3) is 0.933. The Labute approximate surface area is 112 Å². The fourth-order valence-corrected chi connectivity index (χ4v) is 2.04. The van der Waals surface area contributed by atoms with Crippen LogP contribution in [-0.2, 0) is 4.79 Å². The summed E-state index contributed by atoms with van der Waals surface area (Å²) < 4.78 is 0. The molecule has 0 atom stereocenters. The summed E-state index contributed by atoms with van der Waals surface area (Å²) in [6.45, 7) is 4.52. The first-order valence-electron chi connectivity index (χ1n) is 7.70. The van der Waals surface area contributed by atoms with Crippen LogP contribution in [0.3, 0.4) is 0 Å². The molecule has 0 aromatic rings. The molecule has 3 heteroatoms. The summed E-state index contributed by atoms with van der Waals surface area (Å²) in [7, 11) is 0. The predicted molar refractivity (Wildman–Crippen MR) is 77.0 cm³/mol. The molecule has 0 aliphatic heterocycles. The predicted octanol–water partition coefficient (Wildman–Crippen LogP) is 3.97. The minimum atomic E-state index is -0.667. The van der Waals surface area contributed by atoms with Crippen molar-refractivity contribution >= 4 is 5.97 Å². The molecule has 0 fully saturated rings. The monoisotopic (exact) mass is 257 g/mol. The summed E-state index contributed by atoms with van der Waals surface area (Å²) in [6.07, 6.45) is 12.6. The molecule has 0 aromatic heterocycles. The highest BCUT2D eigenvalue weighted by Gasteiger charge is 1.96. The summed E-state index contributed by atoms with van der Waals surface area (Å²) in [5, 5.41) is 12.0. The Hall–Kier alpha value is -0.570. The highest BCUT2D eigenvalue weighted by molar-refractivity contribution is 5.66. The van der Waals surface area contributed by atoms with Gasteiger partial charge < -0.3 is 10.4 Å². The number of carbonyl (C=O) groups is 1. The SMILES string of the molecule is CCCCCCCNCCCCCCCC(=O)O. The van der Waals surface area contributed by atoms with Crippen LogP contribution in [0.15, 0.2) is 0 Å². The van der Waals surface area contributed by atoms with E-state index in [0.29, 0.717) is 6.42 Å². The molecular weight excluding hydrogens is 226 g/mol. The highest BCUT2D eigenvalue weighted by Crippen LogP contribution is 2.05. The zero-order valence-electron chi connectivity index (χ0n) is 12.0. The first-order valence-corrected chi connectivity index (χ1v) is 7.70. The van der Waals surface area contributed by atoms with Gasteiger partial charge in [-0.25, -0.2) is 0 Å². The first kappa shape index (κ1) is 17.4. The largest absolute Gasteiger partial charge is 0.481 e. The van der Waals surface area contributed by atoms with Crippen molar-refractivity contribution < 1.29 is 9.90 Å². The molecule has 0 saturated carbocycles. The van der Waals surface area contributed by atoms with Crippen LogP contribution >= 0.6 is 0 Å². The third-order valence-electron chi connectivity index (χ3n) is 3.20. The number of rotatable bonds is 14. The molecule has 18 heavy (non-hydrogen) atoms. The second-order valence-electron chi connectivity index (χ2n) is 5.08. The van der Waals surface area contributed by atoms with Gasteiger partial charge in [-0.15, -0.1) is 0 Å². The number of aliphatic carboxylic acids is 1. The van der Waals surface area contributed by atoms with Crippen molar-refractivity contribution in [2.45, 2.75) is 77.6 Å². The zero-order chi connectivity index (χ0) is 13.5. The molecule has 2 N–H and O–H groups in total. The summed E-state index contributed by atoms with van der Waals surface area (Å²) >= 11 is 0. The van der Waals surface area contributed by atoms with E-state index in [2.05, 4.69) is 12.2 Å². The van der Waals surface area contributed by atoms with Crippen molar-refractivity contribution in [1.29, 1.82) is 0 Å². The minimum Gasteiger partial charge on any atom is -0.481 e. The van der Waals surface area contributed by atoms with E-state index in [4.69, 9.17) is 5.11 Å². The lowest BCUT2D eigenvalue weighted by molar-refractivity contribution is -0.137. The van der Waals surface area contributed by atoms with E-state index in [-0.39, 0.29) is 0 Å².